The molecule has 0 amide bonds. The Hall–Kier alpha value is -2.32. The third kappa shape index (κ3) is 1.86. The van der Waals surface area contributed by atoms with E-state index in [9.17, 15) is 5.26 Å². The van der Waals surface area contributed by atoms with Gasteiger partial charge in [0.1, 0.15) is 11.6 Å². The van der Waals surface area contributed by atoms with Crippen molar-refractivity contribution in [2.75, 3.05) is 0 Å². The second-order valence-electron chi connectivity index (χ2n) is 4.81. The van der Waals surface area contributed by atoms with Crippen molar-refractivity contribution in [2.24, 2.45) is 0 Å². The first-order chi connectivity index (χ1) is 9.61. The van der Waals surface area contributed by atoms with Gasteiger partial charge in [0.2, 0.25) is 5.95 Å². The molecule has 5 nitrogen and oxygen atoms in total. The molecule has 0 aliphatic carbocycles. The number of H-pyrrole nitrogens is 1. The average Bonchev–Trinajstić information content (AvgIpc) is 2.98. The molecule has 0 spiro atoms. The Morgan fingerprint density at radius 3 is 2.70 bits per heavy atom. The molecule has 3 rings (SSSR count). The van der Waals surface area contributed by atoms with Gasteiger partial charge in [-0.15, -0.1) is 0 Å². The van der Waals surface area contributed by atoms with Gasteiger partial charge in [-0.25, -0.2) is 4.98 Å². The number of benzene rings is 1. The van der Waals surface area contributed by atoms with Crippen LogP contribution < -0.4 is 0 Å². The fourth-order valence-electron chi connectivity index (χ4n) is 2.10. The summed E-state index contributed by atoms with van der Waals surface area (Å²) in [6, 6.07) is 9.79. The Balaban J connectivity index is 2.22. The SMILES string of the molecule is CC(C)c1nn(-c2nc3ccccc3[nH]2)c(Cl)c1C#N. The summed E-state index contributed by atoms with van der Waals surface area (Å²) in [7, 11) is 0. The van der Waals surface area contributed by atoms with Gasteiger partial charge in [0.15, 0.2) is 5.15 Å². The summed E-state index contributed by atoms with van der Waals surface area (Å²) in [5.74, 6) is 0.632. The van der Waals surface area contributed by atoms with Gasteiger partial charge >= 0.3 is 0 Å². The highest BCUT2D eigenvalue weighted by atomic mass is 35.5. The van der Waals surface area contributed by atoms with E-state index in [1.165, 1.54) is 4.68 Å². The molecular formula is C14H12ClN5. The molecule has 2 heterocycles. The minimum Gasteiger partial charge on any atom is -0.322 e. The minimum absolute atomic E-state index is 0.118. The molecule has 0 bridgehead atoms. The smallest absolute Gasteiger partial charge is 0.230 e. The number of rotatable bonds is 2. The molecule has 100 valence electrons. The molecule has 0 fully saturated rings. The highest BCUT2D eigenvalue weighted by Gasteiger charge is 2.20. The summed E-state index contributed by atoms with van der Waals surface area (Å²) in [4.78, 5) is 7.59. The van der Waals surface area contributed by atoms with E-state index in [0.717, 1.165) is 11.0 Å². The fourth-order valence-corrected chi connectivity index (χ4v) is 2.36. The van der Waals surface area contributed by atoms with Crippen LogP contribution in [0.5, 0.6) is 0 Å². The first kappa shape index (κ1) is 12.7. The monoisotopic (exact) mass is 285 g/mol. The van der Waals surface area contributed by atoms with Crippen LogP contribution in [0.2, 0.25) is 5.15 Å². The Morgan fingerprint density at radius 1 is 1.35 bits per heavy atom. The van der Waals surface area contributed by atoms with Crippen molar-refractivity contribution in [3.63, 3.8) is 0 Å². The van der Waals surface area contributed by atoms with Gasteiger partial charge in [0.25, 0.3) is 0 Å². The van der Waals surface area contributed by atoms with Crippen LogP contribution in [-0.2, 0) is 0 Å². The molecule has 0 aliphatic heterocycles. The van der Waals surface area contributed by atoms with Crippen LogP contribution in [-0.4, -0.2) is 19.7 Å². The molecule has 1 aromatic carbocycles. The number of halogens is 1. The Bertz CT molecular complexity index is 789. The van der Waals surface area contributed by atoms with Crippen LogP contribution in [0, 0.1) is 11.3 Å². The highest BCUT2D eigenvalue weighted by molar-refractivity contribution is 6.31. The lowest BCUT2D eigenvalue weighted by molar-refractivity contribution is 0.750. The van der Waals surface area contributed by atoms with Gasteiger partial charge in [-0.05, 0) is 18.1 Å². The first-order valence-electron chi connectivity index (χ1n) is 6.25. The quantitative estimate of drug-likeness (QED) is 0.784. The van der Waals surface area contributed by atoms with E-state index >= 15 is 0 Å². The molecule has 0 aliphatic rings. The zero-order valence-corrected chi connectivity index (χ0v) is 11.8. The van der Waals surface area contributed by atoms with E-state index in [4.69, 9.17) is 11.6 Å². The van der Waals surface area contributed by atoms with Crippen LogP contribution in [0.4, 0.5) is 0 Å². The zero-order chi connectivity index (χ0) is 14.3. The third-order valence-corrected chi connectivity index (χ3v) is 3.44. The molecule has 0 saturated heterocycles. The molecule has 20 heavy (non-hydrogen) atoms. The van der Waals surface area contributed by atoms with Gasteiger partial charge in [-0.2, -0.15) is 15.0 Å². The summed E-state index contributed by atoms with van der Waals surface area (Å²) in [5, 5.41) is 13.9. The molecule has 0 radical (unpaired) electrons. The van der Waals surface area contributed by atoms with Gasteiger partial charge in [-0.3, -0.25) is 0 Å². The first-order valence-corrected chi connectivity index (χ1v) is 6.63. The van der Waals surface area contributed by atoms with E-state index in [2.05, 4.69) is 21.1 Å². The maximum Gasteiger partial charge on any atom is 0.230 e. The number of fused-ring (bicyclic) bond motifs is 1. The number of nitriles is 1. The van der Waals surface area contributed by atoms with Crippen molar-refractivity contribution < 1.29 is 0 Å². The lowest BCUT2D eigenvalue weighted by atomic mass is 10.1. The molecule has 1 N–H and O–H groups in total. The molecule has 3 aromatic rings. The number of para-hydroxylation sites is 2. The summed E-state index contributed by atoms with van der Waals surface area (Å²) in [6.45, 7) is 3.95. The number of aromatic amines is 1. The van der Waals surface area contributed by atoms with Gasteiger partial charge in [0.05, 0.1) is 16.7 Å². The molecule has 0 saturated carbocycles. The highest BCUT2D eigenvalue weighted by Crippen LogP contribution is 2.27. The maximum absolute atomic E-state index is 9.23. The molecule has 6 heteroatoms. The Morgan fingerprint density at radius 2 is 2.10 bits per heavy atom. The van der Waals surface area contributed by atoms with Crippen molar-refractivity contribution in [1.29, 1.82) is 5.26 Å². The van der Waals surface area contributed by atoms with Crippen molar-refractivity contribution in [3.05, 3.63) is 40.7 Å². The molecule has 0 atom stereocenters. The predicted octanol–water partition coefficient (Wildman–Crippen LogP) is 3.40. The van der Waals surface area contributed by atoms with Crippen molar-refractivity contribution in [3.8, 4) is 12.0 Å². The summed E-state index contributed by atoms with van der Waals surface area (Å²) >= 11 is 6.25. The lowest BCUT2D eigenvalue weighted by Gasteiger charge is -1.98. The van der Waals surface area contributed by atoms with Gasteiger partial charge < -0.3 is 4.98 Å². The maximum atomic E-state index is 9.23. The van der Waals surface area contributed by atoms with Gasteiger partial charge in [0, 0.05) is 0 Å². The summed E-state index contributed by atoms with van der Waals surface area (Å²) in [6.07, 6.45) is 0. The fraction of sp³-hybridized carbons (Fsp3) is 0.214. The van der Waals surface area contributed by atoms with Crippen molar-refractivity contribution in [2.45, 2.75) is 19.8 Å². The van der Waals surface area contributed by atoms with Crippen LogP contribution >= 0.6 is 11.6 Å². The van der Waals surface area contributed by atoms with E-state index in [0.29, 0.717) is 17.2 Å². The number of nitrogens with one attached hydrogen (secondary N) is 1. The van der Waals surface area contributed by atoms with E-state index < -0.39 is 0 Å². The van der Waals surface area contributed by atoms with Crippen LogP contribution in [0.15, 0.2) is 24.3 Å². The number of nitrogens with zero attached hydrogens (tertiary/aromatic N) is 4. The van der Waals surface area contributed by atoms with Crippen LogP contribution in [0.25, 0.3) is 17.0 Å². The minimum atomic E-state index is 0.118. The normalized spacial score (nSPS) is 11.2. The second-order valence-corrected chi connectivity index (χ2v) is 5.16. The topological polar surface area (TPSA) is 70.3 Å². The van der Waals surface area contributed by atoms with Crippen molar-refractivity contribution in [1.82, 2.24) is 19.7 Å². The Kier molecular flexibility index (Phi) is 2.96. The van der Waals surface area contributed by atoms with Crippen molar-refractivity contribution >= 4 is 22.6 Å². The number of aromatic nitrogens is 4. The molecule has 0 unspecified atom stereocenters. The summed E-state index contributed by atoms with van der Waals surface area (Å²) < 4.78 is 1.48. The summed E-state index contributed by atoms with van der Waals surface area (Å²) in [5.41, 5.74) is 2.82. The van der Waals surface area contributed by atoms with Gasteiger partial charge in [-0.1, -0.05) is 37.6 Å². The molecular weight excluding hydrogens is 274 g/mol. The standard InChI is InChI=1S/C14H12ClN5/c1-8(2)12-9(7-16)13(15)20(19-12)14-17-10-5-3-4-6-11(10)18-14/h3-6,8H,1-2H3,(H,17,18). The van der Waals surface area contributed by atoms with E-state index in [-0.39, 0.29) is 11.1 Å². The molecule has 2 aromatic heterocycles. The largest absolute Gasteiger partial charge is 0.322 e. The zero-order valence-electron chi connectivity index (χ0n) is 11.1. The number of imidazole rings is 1. The Labute approximate surface area is 120 Å². The number of hydrogen-bond donors (Lipinski definition) is 1. The van der Waals surface area contributed by atoms with Crippen LogP contribution in [0.3, 0.4) is 0 Å². The van der Waals surface area contributed by atoms with E-state index in [1.54, 1.807) is 0 Å². The average molecular weight is 286 g/mol. The predicted molar refractivity (Wildman–Crippen MR) is 77.0 cm³/mol. The van der Waals surface area contributed by atoms with Crippen LogP contribution in [0.1, 0.15) is 31.0 Å². The lowest BCUT2D eigenvalue weighted by Crippen LogP contribution is -2.00. The number of hydrogen-bond acceptors (Lipinski definition) is 3. The second kappa shape index (κ2) is 4.66. The third-order valence-electron chi connectivity index (χ3n) is 3.09. The van der Waals surface area contributed by atoms with E-state index in [1.807, 2.05) is 38.1 Å².